The van der Waals surface area contributed by atoms with Crippen molar-refractivity contribution in [3.05, 3.63) is 77.6 Å². The van der Waals surface area contributed by atoms with Crippen LogP contribution in [0.15, 0.2) is 60.7 Å². The highest BCUT2D eigenvalue weighted by Gasteiger charge is 2.14. The number of amides is 1. The van der Waals surface area contributed by atoms with E-state index in [1.54, 1.807) is 25.3 Å². The summed E-state index contributed by atoms with van der Waals surface area (Å²) in [6.45, 7) is 6.53. The molecular formula is C25H28N2O4. The van der Waals surface area contributed by atoms with E-state index in [0.29, 0.717) is 40.8 Å². The van der Waals surface area contributed by atoms with Crippen LogP contribution in [0.2, 0.25) is 0 Å². The highest BCUT2D eigenvalue weighted by molar-refractivity contribution is 6.05. The van der Waals surface area contributed by atoms with Crippen molar-refractivity contribution in [3.63, 3.8) is 0 Å². The molecule has 0 saturated heterocycles. The Balaban J connectivity index is 1.69. The number of nitrogens with zero attached hydrogens (tertiary/aromatic N) is 1. The largest absolute Gasteiger partial charge is 0.497 e. The lowest BCUT2D eigenvalue weighted by Gasteiger charge is -2.14. The first kappa shape index (κ1) is 22.3. The van der Waals surface area contributed by atoms with Crippen molar-refractivity contribution in [2.75, 3.05) is 19.0 Å². The van der Waals surface area contributed by atoms with Crippen LogP contribution in [0, 0.1) is 6.92 Å². The Morgan fingerprint density at radius 2 is 1.74 bits per heavy atom. The van der Waals surface area contributed by atoms with E-state index in [0.717, 1.165) is 12.1 Å². The van der Waals surface area contributed by atoms with Crippen molar-refractivity contribution in [1.82, 2.24) is 4.98 Å². The third kappa shape index (κ3) is 6.06. The molecule has 3 rings (SSSR count). The third-order valence-corrected chi connectivity index (χ3v) is 4.71. The second kappa shape index (κ2) is 10.6. The van der Waals surface area contributed by atoms with E-state index >= 15 is 0 Å². The predicted molar refractivity (Wildman–Crippen MR) is 121 cm³/mol. The minimum absolute atomic E-state index is 0.110. The van der Waals surface area contributed by atoms with Crippen molar-refractivity contribution in [1.29, 1.82) is 0 Å². The molecule has 1 N–H and O–H groups in total. The topological polar surface area (TPSA) is 69.7 Å². The Labute approximate surface area is 183 Å². The minimum atomic E-state index is -0.225. The van der Waals surface area contributed by atoms with Crippen molar-refractivity contribution in [3.8, 4) is 17.2 Å². The molecule has 1 heterocycles. The molecule has 0 aliphatic rings. The van der Waals surface area contributed by atoms with Crippen molar-refractivity contribution >= 4 is 11.6 Å². The highest BCUT2D eigenvalue weighted by Crippen LogP contribution is 2.27. The molecule has 0 fully saturated rings. The fraction of sp³-hybridized carbons (Fsp3) is 0.280. The smallest absolute Gasteiger partial charge is 0.257 e. The molecular weight excluding hydrogens is 392 g/mol. The summed E-state index contributed by atoms with van der Waals surface area (Å²) in [5.41, 5.74) is 2.63. The molecule has 6 heteroatoms. The second-order valence-corrected chi connectivity index (χ2v) is 7.15. The van der Waals surface area contributed by atoms with Crippen LogP contribution in [0.1, 0.15) is 48.1 Å². The summed E-state index contributed by atoms with van der Waals surface area (Å²) < 4.78 is 16.8. The van der Waals surface area contributed by atoms with E-state index in [1.165, 1.54) is 0 Å². The van der Waals surface area contributed by atoms with E-state index in [-0.39, 0.29) is 12.0 Å². The lowest BCUT2D eigenvalue weighted by atomic mass is 10.1. The Morgan fingerprint density at radius 3 is 2.45 bits per heavy atom. The standard InChI is InChI=1S/C25H28N2O4/c1-5-14-30-18(3)24-13-12-23(17(2)26-24)25(28)27-19-8-6-10-21(15-19)31-22-11-7-9-20(16-22)29-4/h6-13,15-16,18H,5,14H2,1-4H3,(H,27,28). The number of benzene rings is 2. The van der Waals surface area contributed by atoms with Gasteiger partial charge in [-0.25, -0.2) is 0 Å². The monoisotopic (exact) mass is 420 g/mol. The molecule has 0 aliphatic heterocycles. The van der Waals surface area contributed by atoms with Gasteiger partial charge < -0.3 is 19.5 Å². The number of rotatable bonds is 9. The van der Waals surface area contributed by atoms with Gasteiger partial charge in [-0.2, -0.15) is 0 Å². The number of aryl methyl sites for hydroxylation is 1. The number of hydrogen-bond donors (Lipinski definition) is 1. The molecule has 0 aliphatic carbocycles. The zero-order valence-corrected chi connectivity index (χ0v) is 18.3. The number of ether oxygens (including phenoxy) is 3. The Morgan fingerprint density at radius 1 is 1.03 bits per heavy atom. The van der Waals surface area contributed by atoms with Crippen molar-refractivity contribution in [2.24, 2.45) is 0 Å². The van der Waals surface area contributed by atoms with Crippen LogP contribution in [-0.4, -0.2) is 24.6 Å². The first-order valence-electron chi connectivity index (χ1n) is 10.3. The maximum absolute atomic E-state index is 12.8. The van der Waals surface area contributed by atoms with Crippen LogP contribution in [0.3, 0.4) is 0 Å². The number of anilines is 1. The van der Waals surface area contributed by atoms with Gasteiger partial charge in [0.25, 0.3) is 5.91 Å². The van der Waals surface area contributed by atoms with Gasteiger partial charge in [0, 0.05) is 24.4 Å². The number of hydrogen-bond acceptors (Lipinski definition) is 5. The molecule has 3 aromatic rings. The molecule has 162 valence electrons. The molecule has 0 radical (unpaired) electrons. The van der Waals surface area contributed by atoms with Gasteiger partial charge in [0.1, 0.15) is 17.2 Å². The molecule has 2 aromatic carbocycles. The summed E-state index contributed by atoms with van der Waals surface area (Å²) >= 11 is 0. The summed E-state index contributed by atoms with van der Waals surface area (Å²) in [7, 11) is 1.61. The van der Waals surface area contributed by atoms with Gasteiger partial charge >= 0.3 is 0 Å². The van der Waals surface area contributed by atoms with Crippen LogP contribution in [0.25, 0.3) is 0 Å². The summed E-state index contributed by atoms with van der Waals surface area (Å²) in [6, 6.07) is 18.2. The summed E-state index contributed by atoms with van der Waals surface area (Å²) in [6.07, 6.45) is 0.839. The zero-order chi connectivity index (χ0) is 22.2. The van der Waals surface area contributed by atoms with Crippen LogP contribution in [0.5, 0.6) is 17.2 Å². The number of pyridine rings is 1. The van der Waals surface area contributed by atoms with Gasteiger partial charge in [-0.05, 0) is 56.7 Å². The Kier molecular flexibility index (Phi) is 7.62. The first-order chi connectivity index (χ1) is 15.0. The van der Waals surface area contributed by atoms with E-state index in [9.17, 15) is 4.79 Å². The van der Waals surface area contributed by atoms with Crippen LogP contribution >= 0.6 is 0 Å². The minimum Gasteiger partial charge on any atom is -0.497 e. The molecule has 0 spiro atoms. The molecule has 6 nitrogen and oxygen atoms in total. The molecule has 0 bridgehead atoms. The van der Waals surface area contributed by atoms with Crippen LogP contribution in [-0.2, 0) is 4.74 Å². The molecule has 31 heavy (non-hydrogen) atoms. The van der Waals surface area contributed by atoms with Gasteiger partial charge in [-0.1, -0.05) is 19.1 Å². The quantitative estimate of drug-likeness (QED) is 0.464. The fourth-order valence-electron chi connectivity index (χ4n) is 3.06. The summed E-state index contributed by atoms with van der Waals surface area (Å²) in [5, 5.41) is 2.92. The average Bonchev–Trinajstić information content (AvgIpc) is 2.77. The zero-order valence-electron chi connectivity index (χ0n) is 18.3. The number of carbonyl (C=O) groups excluding carboxylic acids is 1. The van der Waals surface area contributed by atoms with Gasteiger partial charge in [0.05, 0.1) is 30.2 Å². The SMILES string of the molecule is CCCOC(C)c1ccc(C(=O)Nc2cccc(Oc3cccc(OC)c3)c2)c(C)n1. The van der Waals surface area contributed by atoms with E-state index in [2.05, 4.69) is 17.2 Å². The van der Waals surface area contributed by atoms with E-state index in [4.69, 9.17) is 14.2 Å². The van der Waals surface area contributed by atoms with Gasteiger partial charge in [0.15, 0.2) is 0 Å². The van der Waals surface area contributed by atoms with Crippen LogP contribution in [0.4, 0.5) is 5.69 Å². The van der Waals surface area contributed by atoms with Gasteiger partial charge in [0.2, 0.25) is 0 Å². The molecule has 0 saturated carbocycles. The lowest BCUT2D eigenvalue weighted by molar-refractivity contribution is 0.0632. The fourth-order valence-corrected chi connectivity index (χ4v) is 3.06. The predicted octanol–water partition coefficient (Wildman–Crippen LogP) is 5.93. The second-order valence-electron chi connectivity index (χ2n) is 7.15. The normalized spacial score (nSPS) is 11.6. The summed E-state index contributed by atoms with van der Waals surface area (Å²) in [5.74, 6) is 1.75. The van der Waals surface area contributed by atoms with E-state index in [1.807, 2.05) is 56.3 Å². The molecule has 1 amide bonds. The number of nitrogens with one attached hydrogen (secondary N) is 1. The number of carbonyl (C=O) groups is 1. The maximum atomic E-state index is 12.8. The Bertz CT molecular complexity index is 1040. The lowest BCUT2D eigenvalue weighted by Crippen LogP contribution is -2.15. The number of methoxy groups -OCH3 is 1. The maximum Gasteiger partial charge on any atom is 0.257 e. The summed E-state index contributed by atoms with van der Waals surface area (Å²) in [4.78, 5) is 17.4. The average molecular weight is 421 g/mol. The first-order valence-corrected chi connectivity index (χ1v) is 10.3. The van der Waals surface area contributed by atoms with Gasteiger partial charge in [-0.15, -0.1) is 0 Å². The molecule has 1 unspecified atom stereocenters. The van der Waals surface area contributed by atoms with Crippen molar-refractivity contribution in [2.45, 2.75) is 33.3 Å². The molecule has 1 aromatic heterocycles. The molecule has 1 atom stereocenters. The van der Waals surface area contributed by atoms with Gasteiger partial charge in [-0.3, -0.25) is 9.78 Å². The van der Waals surface area contributed by atoms with E-state index < -0.39 is 0 Å². The number of aromatic nitrogens is 1. The Hall–Kier alpha value is -3.38. The third-order valence-electron chi connectivity index (χ3n) is 4.71. The highest BCUT2D eigenvalue weighted by atomic mass is 16.5. The van der Waals surface area contributed by atoms with Crippen LogP contribution < -0.4 is 14.8 Å². The van der Waals surface area contributed by atoms with Crippen molar-refractivity contribution < 1.29 is 19.0 Å².